The highest BCUT2D eigenvalue weighted by atomic mass is 35.5. The van der Waals surface area contributed by atoms with Crippen LogP contribution in [0.15, 0.2) is 118 Å². The maximum Gasteiger partial charge on any atom is 0.258 e. The first-order chi connectivity index (χ1) is 29.6. The predicted molar refractivity (Wildman–Crippen MR) is 242 cm³/mol. The van der Waals surface area contributed by atoms with Gasteiger partial charge < -0.3 is 21.3 Å². The lowest BCUT2D eigenvalue weighted by Crippen LogP contribution is -2.32. The van der Waals surface area contributed by atoms with Crippen LogP contribution in [-0.2, 0) is 30.9 Å². The standard InChI is InChI=1S/C42H32Cl6N8O6/c1-21(57)36(55-53-32-13-5-11-28(34(32)47)39(59)49-25-9-3-7-23(15-25)19-43)41(61)51-27-17-30(45)38(31(46)18-27)52-42(62)37(22(2)58)56-54-33-14-6-12-29(35(33)48)40(60)50-26-10-4-8-24(16-26)20-44/h3-18,36-37H,19-20H2,1-2H3,(H,49,59)(H,50,60)(H,51,61)(H,52,62). The number of hydrogen-bond donors (Lipinski definition) is 4. The van der Waals surface area contributed by atoms with Gasteiger partial charge in [0.15, 0.2) is 11.6 Å². The lowest BCUT2D eigenvalue weighted by Gasteiger charge is -2.15. The van der Waals surface area contributed by atoms with Crippen LogP contribution in [0.4, 0.5) is 34.1 Å². The fourth-order valence-corrected chi connectivity index (χ4v) is 6.86. The third kappa shape index (κ3) is 12.2. The Morgan fingerprint density at radius 1 is 0.516 bits per heavy atom. The molecule has 14 nitrogen and oxygen atoms in total. The molecule has 4 N–H and O–H groups in total. The molecule has 0 radical (unpaired) electrons. The number of nitrogens with one attached hydrogen (secondary N) is 4. The second kappa shape index (κ2) is 21.9. The molecule has 0 bridgehead atoms. The number of Topliss-reactive ketones (excluding diaryl/α,β-unsaturated/α-hetero) is 2. The van der Waals surface area contributed by atoms with Crippen molar-refractivity contribution in [2.24, 2.45) is 20.5 Å². The van der Waals surface area contributed by atoms with E-state index in [4.69, 9.17) is 69.6 Å². The van der Waals surface area contributed by atoms with Crippen molar-refractivity contribution < 1.29 is 28.8 Å². The van der Waals surface area contributed by atoms with E-state index in [1.54, 1.807) is 48.5 Å². The molecule has 2 atom stereocenters. The monoisotopic (exact) mass is 954 g/mol. The number of anilines is 4. The Hall–Kier alpha value is -5.74. The summed E-state index contributed by atoms with van der Waals surface area (Å²) in [5.41, 5.74) is 2.53. The van der Waals surface area contributed by atoms with Crippen LogP contribution in [-0.4, -0.2) is 47.3 Å². The summed E-state index contributed by atoms with van der Waals surface area (Å²) in [4.78, 5) is 77.8. The smallest absolute Gasteiger partial charge is 0.258 e. The molecule has 0 saturated carbocycles. The van der Waals surface area contributed by atoms with E-state index in [1.165, 1.54) is 48.5 Å². The average molecular weight is 957 g/mol. The van der Waals surface area contributed by atoms with Crippen molar-refractivity contribution in [1.29, 1.82) is 0 Å². The molecular weight excluding hydrogens is 925 g/mol. The maximum atomic E-state index is 13.3. The van der Waals surface area contributed by atoms with Crippen molar-refractivity contribution in [3.05, 3.63) is 139 Å². The molecule has 0 heterocycles. The summed E-state index contributed by atoms with van der Waals surface area (Å²) in [5, 5.41) is 25.6. The molecule has 4 amide bonds. The van der Waals surface area contributed by atoms with Crippen LogP contribution in [0.3, 0.4) is 0 Å². The summed E-state index contributed by atoms with van der Waals surface area (Å²) in [6.45, 7) is 2.23. The SMILES string of the molecule is CC(=O)C(N=Nc1cccc(C(=O)Nc2cccc(CCl)c2)c1Cl)C(=O)Nc1cc(Cl)c(NC(=O)C(N=Nc2cccc(C(=O)Nc3cccc(CCl)c3)c2Cl)C(C)=O)c(Cl)c1. The van der Waals surface area contributed by atoms with Gasteiger partial charge in [-0.2, -0.15) is 20.5 Å². The molecule has 5 aromatic carbocycles. The van der Waals surface area contributed by atoms with Crippen molar-refractivity contribution in [2.45, 2.75) is 37.7 Å². The number of benzene rings is 5. The lowest BCUT2D eigenvalue weighted by atomic mass is 10.1. The zero-order chi connectivity index (χ0) is 45.1. The number of ketones is 2. The van der Waals surface area contributed by atoms with E-state index in [0.717, 1.165) is 25.0 Å². The molecule has 0 aromatic heterocycles. The van der Waals surface area contributed by atoms with Gasteiger partial charge in [0.1, 0.15) is 11.4 Å². The minimum atomic E-state index is -1.70. The molecule has 0 spiro atoms. The molecular formula is C42H32Cl6N8O6. The van der Waals surface area contributed by atoms with Crippen LogP contribution < -0.4 is 21.3 Å². The Balaban J connectivity index is 1.26. The first-order valence-corrected chi connectivity index (χ1v) is 20.6. The molecule has 0 fully saturated rings. The molecule has 0 saturated heterocycles. The van der Waals surface area contributed by atoms with Crippen molar-refractivity contribution in [2.75, 3.05) is 21.3 Å². The van der Waals surface area contributed by atoms with Crippen LogP contribution in [0, 0.1) is 0 Å². The molecule has 5 aromatic rings. The van der Waals surface area contributed by atoms with E-state index < -0.39 is 47.3 Å². The van der Waals surface area contributed by atoms with E-state index in [9.17, 15) is 28.8 Å². The fraction of sp³-hybridized carbons (Fsp3) is 0.143. The number of carbonyl (C=O) groups excluding carboxylic acids is 6. The number of carbonyl (C=O) groups is 6. The number of halogens is 6. The normalized spacial score (nSPS) is 12.1. The molecule has 62 heavy (non-hydrogen) atoms. The van der Waals surface area contributed by atoms with Gasteiger partial charge in [-0.3, -0.25) is 28.8 Å². The van der Waals surface area contributed by atoms with E-state index >= 15 is 0 Å². The Morgan fingerprint density at radius 3 is 1.32 bits per heavy atom. The summed E-state index contributed by atoms with van der Waals surface area (Å²) < 4.78 is 0. The highest BCUT2D eigenvalue weighted by Gasteiger charge is 2.27. The molecule has 0 aliphatic rings. The molecule has 0 aliphatic carbocycles. The van der Waals surface area contributed by atoms with Gasteiger partial charge in [0.2, 0.25) is 12.1 Å². The molecule has 5 rings (SSSR count). The van der Waals surface area contributed by atoms with Crippen molar-refractivity contribution >= 4 is 139 Å². The highest BCUT2D eigenvalue weighted by molar-refractivity contribution is 6.41. The van der Waals surface area contributed by atoms with Crippen LogP contribution in [0.2, 0.25) is 20.1 Å². The molecule has 0 aliphatic heterocycles. The number of azo groups is 2. The van der Waals surface area contributed by atoms with Gasteiger partial charge in [-0.15, -0.1) is 23.2 Å². The minimum Gasteiger partial charge on any atom is -0.324 e. The third-order valence-electron chi connectivity index (χ3n) is 8.51. The number of hydrogen-bond acceptors (Lipinski definition) is 10. The summed E-state index contributed by atoms with van der Waals surface area (Å²) in [6.07, 6.45) is 0. The number of alkyl halides is 2. The number of nitrogens with zero attached hydrogens (tertiary/aromatic N) is 4. The third-order valence-corrected chi connectivity index (χ3v) is 10.5. The van der Waals surface area contributed by atoms with Crippen molar-refractivity contribution in [3.8, 4) is 0 Å². The predicted octanol–water partition coefficient (Wildman–Crippen LogP) is 11.6. The first-order valence-electron chi connectivity index (χ1n) is 18.0. The fourth-order valence-electron chi connectivity index (χ4n) is 5.45. The Kier molecular flexibility index (Phi) is 16.7. The Labute approximate surface area is 384 Å². The topological polar surface area (TPSA) is 200 Å². The van der Waals surface area contributed by atoms with Crippen LogP contribution in [0.1, 0.15) is 45.7 Å². The summed E-state index contributed by atoms with van der Waals surface area (Å²) in [6, 6.07) is 21.7. The maximum absolute atomic E-state index is 13.3. The Morgan fingerprint density at radius 2 is 0.919 bits per heavy atom. The van der Waals surface area contributed by atoms with Crippen molar-refractivity contribution in [1.82, 2.24) is 0 Å². The minimum absolute atomic E-state index is 0.00272. The second-order valence-electron chi connectivity index (χ2n) is 13.1. The zero-order valence-electron chi connectivity index (χ0n) is 32.3. The largest absolute Gasteiger partial charge is 0.324 e. The molecule has 318 valence electrons. The summed E-state index contributed by atoms with van der Waals surface area (Å²) >= 11 is 37.7. The summed E-state index contributed by atoms with van der Waals surface area (Å²) in [5.74, 6) is -3.89. The first kappa shape index (κ1) is 47.3. The lowest BCUT2D eigenvalue weighted by molar-refractivity contribution is -0.127. The average Bonchev–Trinajstić information content (AvgIpc) is 3.23. The van der Waals surface area contributed by atoms with Crippen LogP contribution >= 0.6 is 69.6 Å². The molecule has 2 unspecified atom stereocenters. The summed E-state index contributed by atoms with van der Waals surface area (Å²) in [7, 11) is 0. The van der Waals surface area contributed by atoms with E-state index in [-0.39, 0.29) is 65.7 Å². The van der Waals surface area contributed by atoms with Crippen molar-refractivity contribution in [3.63, 3.8) is 0 Å². The Bertz CT molecular complexity index is 2620. The van der Waals surface area contributed by atoms with E-state index in [1.807, 2.05) is 0 Å². The van der Waals surface area contributed by atoms with Gasteiger partial charge in [0.25, 0.3) is 23.6 Å². The van der Waals surface area contributed by atoms with Crippen LogP contribution in [0.25, 0.3) is 0 Å². The number of rotatable bonds is 16. The van der Waals surface area contributed by atoms with Gasteiger partial charge in [-0.05, 0) is 85.6 Å². The number of amides is 4. The van der Waals surface area contributed by atoms with Gasteiger partial charge in [0, 0.05) is 28.8 Å². The van der Waals surface area contributed by atoms with Gasteiger partial charge in [-0.25, -0.2) is 0 Å². The van der Waals surface area contributed by atoms with Crippen LogP contribution in [0.5, 0.6) is 0 Å². The van der Waals surface area contributed by atoms with Gasteiger partial charge in [-0.1, -0.05) is 82.8 Å². The molecule has 20 heteroatoms. The zero-order valence-corrected chi connectivity index (χ0v) is 36.8. The second-order valence-corrected chi connectivity index (χ2v) is 15.2. The van der Waals surface area contributed by atoms with E-state index in [0.29, 0.717) is 11.4 Å². The highest BCUT2D eigenvalue weighted by Crippen LogP contribution is 2.35. The van der Waals surface area contributed by atoms with Gasteiger partial charge in [0.05, 0.1) is 36.9 Å². The quantitative estimate of drug-likeness (QED) is 0.0431. The van der Waals surface area contributed by atoms with E-state index in [2.05, 4.69) is 41.7 Å². The van der Waals surface area contributed by atoms with Gasteiger partial charge >= 0.3 is 0 Å².